The molecule has 20 heavy (non-hydrogen) atoms. The standard InChI is InChI=1S/C18H16O2/c19-18(20)14-13-17-11-5-4-10-16(17)12-6-9-15-7-2-1-3-8-15/h1-11,13-14H,12H2,(H,19,20)/p-1/b9-6+,14-13+. The van der Waals surface area contributed by atoms with Crippen LogP contribution in [0.15, 0.2) is 66.7 Å². The summed E-state index contributed by atoms with van der Waals surface area (Å²) in [4.78, 5) is 10.5. The van der Waals surface area contributed by atoms with E-state index in [9.17, 15) is 9.90 Å². The Morgan fingerprint density at radius 2 is 1.65 bits per heavy atom. The van der Waals surface area contributed by atoms with E-state index in [4.69, 9.17) is 0 Å². The zero-order valence-corrected chi connectivity index (χ0v) is 11.0. The Morgan fingerprint density at radius 1 is 0.950 bits per heavy atom. The lowest BCUT2D eigenvalue weighted by Gasteiger charge is -2.03. The number of hydrogen-bond donors (Lipinski definition) is 0. The number of allylic oxidation sites excluding steroid dienone is 1. The molecule has 0 heterocycles. The largest absolute Gasteiger partial charge is 0.545 e. The Bertz CT molecular complexity index is 625. The summed E-state index contributed by atoms with van der Waals surface area (Å²) in [5, 5.41) is 10.5. The van der Waals surface area contributed by atoms with Crippen molar-refractivity contribution >= 4 is 18.1 Å². The summed E-state index contributed by atoms with van der Waals surface area (Å²) in [5.74, 6) is -1.18. The molecule has 2 rings (SSSR count). The van der Waals surface area contributed by atoms with Gasteiger partial charge in [0.05, 0.1) is 5.97 Å². The van der Waals surface area contributed by atoms with E-state index in [0.29, 0.717) is 0 Å². The topological polar surface area (TPSA) is 40.1 Å². The lowest BCUT2D eigenvalue weighted by molar-refractivity contribution is -0.297. The molecule has 0 aliphatic rings. The molecule has 2 heteroatoms. The maximum Gasteiger partial charge on any atom is 0.0643 e. The molecule has 0 aliphatic heterocycles. The SMILES string of the molecule is O=C([O-])/C=C/c1ccccc1C/C=C/c1ccccc1. The second kappa shape index (κ2) is 7.10. The number of aliphatic carboxylic acids is 1. The Morgan fingerprint density at radius 3 is 2.40 bits per heavy atom. The van der Waals surface area contributed by atoms with Gasteiger partial charge in [0.2, 0.25) is 0 Å². The van der Waals surface area contributed by atoms with Gasteiger partial charge in [-0.1, -0.05) is 72.8 Å². The molecule has 2 aromatic rings. The smallest absolute Gasteiger partial charge is 0.0643 e. The summed E-state index contributed by atoms with van der Waals surface area (Å²) in [6.07, 6.45) is 7.50. The molecule has 2 aromatic carbocycles. The first-order chi connectivity index (χ1) is 9.75. The monoisotopic (exact) mass is 263 g/mol. The van der Waals surface area contributed by atoms with Crippen LogP contribution in [0.25, 0.3) is 12.2 Å². The first-order valence-electron chi connectivity index (χ1n) is 6.44. The number of carbonyl (C=O) groups is 1. The van der Waals surface area contributed by atoms with Crippen LogP contribution in [-0.2, 0) is 11.2 Å². The molecule has 0 radical (unpaired) electrons. The number of benzene rings is 2. The summed E-state index contributed by atoms with van der Waals surface area (Å²) in [7, 11) is 0. The molecule has 0 saturated carbocycles. The van der Waals surface area contributed by atoms with E-state index < -0.39 is 5.97 Å². The molecule has 0 atom stereocenters. The van der Waals surface area contributed by atoms with Gasteiger partial charge in [-0.05, 0) is 29.2 Å². The van der Waals surface area contributed by atoms with Gasteiger partial charge >= 0.3 is 0 Å². The molecule has 0 amide bonds. The maximum absolute atomic E-state index is 10.5. The third-order valence-electron chi connectivity index (χ3n) is 2.90. The fourth-order valence-electron chi connectivity index (χ4n) is 1.93. The molecule has 0 spiro atoms. The van der Waals surface area contributed by atoms with Gasteiger partial charge in [0.15, 0.2) is 0 Å². The van der Waals surface area contributed by atoms with Gasteiger partial charge in [-0.3, -0.25) is 0 Å². The summed E-state index contributed by atoms with van der Waals surface area (Å²) in [6, 6.07) is 17.8. The highest BCUT2D eigenvalue weighted by Crippen LogP contribution is 2.13. The van der Waals surface area contributed by atoms with Gasteiger partial charge in [-0.25, -0.2) is 0 Å². The predicted molar refractivity (Wildman–Crippen MR) is 79.7 cm³/mol. The average Bonchev–Trinajstić information content (AvgIpc) is 2.47. The maximum atomic E-state index is 10.5. The quantitative estimate of drug-likeness (QED) is 0.778. The average molecular weight is 263 g/mol. The normalized spacial score (nSPS) is 11.2. The van der Waals surface area contributed by atoms with Gasteiger partial charge in [-0.2, -0.15) is 0 Å². The van der Waals surface area contributed by atoms with Crippen molar-refractivity contribution in [2.24, 2.45) is 0 Å². The highest BCUT2D eigenvalue weighted by atomic mass is 16.4. The van der Waals surface area contributed by atoms with E-state index in [1.54, 1.807) is 6.08 Å². The minimum absolute atomic E-state index is 0.752. The van der Waals surface area contributed by atoms with E-state index in [1.807, 2.05) is 54.6 Å². The Kier molecular flexibility index (Phi) is 4.90. The highest BCUT2D eigenvalue weighted by Gasteiger charge is 1.96. The van der Waals surface area contributed by atoms with E-state index >= 15 is 0 Å². The molecule has 0 bridgehead atoms. The van der Waals surface area contributed by atoms with Crippen molar-refractivity contribution in [1.82, 2.24) is 0 Å². The van der Waals surface area contributed by atoms with Crippen molar-refractivity contribution in [3.63, 3.8) is 0 Å². The summed E-state index contributed by atoms with van der Waals surface area (Å²) in [5.41, 5.74) is 3.13. The number of carbonyl (C=O) groups excluding carboxylic acids is 1. The molecular weight excluding hydrogens is 248 g/mol. The molecule has 2 nitrogen and oxygen atoms in total. The van der Waals surface area contributed by atoms with Crippen LogP contribution in [0.5, 0.6) is 0 Å². The Balaban J connectivity index is 2.10. The third-order valence-corrected chi connectivity index (χ3v) is 2.90. The number of rotatable bonds is 5. The predicted octanol–water partition coefficient (Wildman–Crippen LogP) is 2.71. The minimum atomic E-state index is -1.18. The highest BCUT2D eigenvalue weighted by molar-refractivity contribution is 5.83. The van der Waals surface area contributed by atoms with Gasteiger partial charge in [-0.15, -0.1) is 0 Å². The van der Waals surface area contributed by atoms with Crippen molar-refractivity contribution in [2.75, 3.05) is 0 Å². The van der Waals surface area contributed by atoms with E-state index in [0.717, 1.165) is 29.2 Å². The summed E-state index contributed by atoms with van der Waals surface area (Å²) < 4.78 is 0. The van der Waals surface area contributed by atoms with Gasteiger partial charge in [0.25, 0.3) is 0 Å². The van der Waals surface area contributed by atoms with Crippen LogP contribution in [0.3, 0.4) is 0 Å². The molecule has 0 saturated heterocycles. The Labute approximate surface area is 118 Å². The van der Waals surface area contributed by atoms with Crippen LogP contribution >= 0.6 is 0 Å². The van der Waals surface area contributed by atoms with Crippen molar-refractivity contribution in [3.8, 4) is 0 Å². The number of carboxylic acids is 1. The minimum Gasteiger partial charge on any atom is -0.545 e. The molecule has 0 fully saturated rings. The van der Waals surface area contributed by atoms with E-state index in [-0.39, 0.29) is 0 Å². The van der Waals surface area contributed by atoms with Crippen molar-refractivity contribution in [1.29, 1.82) is 0 Å². The van der Waals surface area contributed by atoms with Crippen molar-refractivity contribution in [3.05, 3.63) is 83.4 Å². The number of carboxylic acid groups (broad SMARTS) is 1. The van der Waals surface area contributed by atoms with Gasteiger partial charge in [0, 0.05) is 0 Å². The molecule has 0 aromatic heterocycles. The zero-order valence-electron chi connectivity index (χ0n) is 11.0. The fraction of sp³-hybridized carbons (Fsp3) is 0.0556. The van der Waals surface area contributed by atoms with Crippen LogP contribution in [0.4, 0.5) is 0 Å². The molecule has 100 valence electrons. The molecular formula is C18H15O2-. The first kappa shape index (κ1) is 13.8. The second-order valence-corrected chi connectivity index (χ2v) is 4.37. The lowest BCUT2D eigenvalue weighted by atomic mass is 10.0. The molecule has 0 unspecified atom stereocenters. The van der Waals surface area contributed by atoms with Crippen LogP contribution in [0.1, 0.15) is 16.7 Å². The van der Waals surface area contributed by atoms with Crippen LogP contribution in [-0.4, -0.2) is 5.97 Å². The van der Waals surface area contributed by atoms with Crippen molar-refractivity contribution < 1.29 is 9.90 Å². The van der Waals surface area contributed by atoms with E-state index in [2.05, 4.69) is 12.2 Å². The van der Waals surface area contributed by atoms with E-state index in [1.165, 1.54) is 0 Å². The van der Waals surface area contributed by atoms with Crippen LogP contribution in [0, 0.1) is 0 Å². The second-order valence-electron chi connectivity index (χ2n) is 4.37. The zero-order chi connectivity index (χ0) is 14.2. The van der Waals surface area contributed by atoms with Crippen LogP contribution in [0.2, 0.25) is 0 Å². The first-order valence-corrected chi connectivity index (χ1v) is 6.44. The fourth-order valence-corrected chi connectivity index (χ4v) is 1.93. The Hall–Kier alpha value is -2.61. The molecule has 0 N–H and O–H groups in total. The summed E-state index contributed by atoms with van der Waals surface area (Å²) >= 11 is 0. The van der Waals surface area contributed by atoms with Gasteiger partial charge < -0.3 is 9.90 Å². The van der Waals surface area contributed by atoms with Crippen LogP contribution < -0.4 is 5.11 Å². The van der Waals surface area contributed by atoms with Gasteiger partial charge in [0.1, 0.15) is 0 Å². The summed E-state index contributed by atoms with van der Waals surface area (Å²) in [6.45, 7) is 0. The van der Waals surface area contributed by atoms with Crippen molar-refractivity contribution in [2.45, 2.75) is 6.42 Å². The number of hydrogen-bond acceptors (Lipinski definition) is 2. The molecule has 0 aliphatic carbocycles. The lowest BCUT2D eigenvalue weighted by Crippen LogP contribution is -2.18. The third kappa shape index (κ3) is 4.25.